The minimum atomic E-state index is 0.0821. The SMILES string of the molecule is C#CC(C)NCc1coc2ccccc12. The van der Waals surface area contributed by atoms with E-state index in [2.05, 4.69) is 17.3 Å². The van der Waals surface area contributed by atoms with E-state index < -0.39 is 0 Å². The van der Waals surface area contributed by atoms with E-state index in [9.17, 15) is 0 Å². The highest BCUT2D eigenvalue weighted by Crippen LogP contribution is 2.20. The molecule has 0 aliphatic rings. The van der Waals surface area contributed by atoms with Crippen LogP contribution in [0.15, 0.2) is 34.9 Å². The molecule has 0 radical (unpaired) electrons. The molecule has 1 unspecified atom stereocenters. The second kappa shape index (κ2) is 4.20. The molecule has 2 rings (SSSR count). The Morgan fingerprint density at radius 1 is 1.47 bits per heavy atom. The third-order valence-corrected chi connectivity index (χ3v) is 2.41. The lowest BCUT2D eigenvalue weighted by atomic mass is 10.2. The summed E-state index contributed by atoms with van der Waals surface area (Å²) in [5.41, 5.74) is 2.07. The van der Waals surface area contributed by atoms with Crippen molar-refractivity contribution >= 4 is 11.0 Å². The van der Waals surface area contributed by atoms with Gasteiger partial charge in [0.2, 0.25) is 0 Å². The lowest BCUT2D eigenvalue weighted by Crippen LogP contribution is -2.23. The zero-order chi connectivity index (χ0) is 10.7. The quantitative estimate of drug-likeness (QED) is 0.768. The molecule has 15 heavy (non-hydrogen) atoms. The fraction of sp³-hybridized carbons (Fsp3) is 0.231. The average molecular weight is 199 g/mol. The average Bonchev–Trinajstić information content (AvgIpc) is 2.69. The lowest BCUT2D eigenvalue weighted by molar-refractivity contribution is 0.596. The van der Waals surface area contributed by atoms with Gasteiger partial charge in [0.05, 0.1) is 12.3 Å². The molecule has 0 spiro atoms. The van der Waals surface area contributed by atoms with Crippen LogP contribution in [0.4, 0.5) is 0 Å². The van der Waals surface area contributed by atoms with E-state index in [4.69, 9.17) is 10.8 Å². The summed E-state index contributed by atoms with van der Waals surface area (Å²) in [5.74, 6) is 2.63. The maximum atomic E-state index is 5.42. The molecule has 1 heterocycles. The van der Waals surface area contributed by atoms with Gasteiger partial charge in [-0.1, -0.05) is 24.1 Å². The summed E-state index contributed by atoms with van der Waals surface area (Å²) in [5, 5.41) is 4.38. The van der Waals surface area contributed by atoms with Crippen molar-refractivity contribution in [1.29, 1.82) is 0 Å². The number of fused-ring (bicyclic) bond motifs is 1. The highest BCUT2D eigenvalue weighted by atomic mass is 16.3. The summed E-state index contributed by atoms with van der Waals surface area (Å²) >= 11 is 0. The molecular formula is C13H13NO. The summed E-state index contributed by atoms with van der Waals surface area (Å²) in [7, 11) is 0. The number of rotatable bonds is 3. The molecule has 2 heteroatoms. The molecule has 1 atom stereocenters. The van der Waals surface area contributed by atoms with Crippen molar-refractivity contribution < 1.29 is 4.42 Å². The van der Waals surface area contributed by atoms with Crippen LogP contribution in [0.25, 0.3) is 11.0 Å². The van der Waals surface area contributed by atoms with Gasteiger partial charge < -0.3 is 4.42 Å². The van der Waals surface area contributed by atoms with Gasteiger partial charge in [-0.2, -0.15) is 0 Å². The maximum Gasteiger partial charge on any atom is 0.134 e. The first kappa shape index (κ1) is 9.82. The van der Waals surface area contributed by atoms with Gasteiger partial charge in [0, 0.05) is 17.5 Å². The van der Waals surface area contributed by atoms with Crippen LogP contribution >= 0.6 is 0 Å². The predicted octanol–water partition coefficient (Wildman–Crippen LogP) is 2.54. The minimum absolute atomic E-state index is 0.0821. The Hall–Kier alpha value is -1.72. The first-order chi connectivity index (χ1) is 7.31. The number of hydrogen-bond acceptors (Lipinski definition) is 2. The van der Waals surface area contributed by atoms with E-state index in [1.807, 2.05) is 25.1 Å². The summed E-state index contributed by atoms with van der Waals surface area (Å²) in [4.78, 5) is 0. The van der Waals surface area contributed by atoms with Crippen LogP contribution in [0.3, 0.4) is 0 Å². The van der Waals surface area contributed by atoms with Crippen LogP contribution in [0.5, 0.6) is 0 Å². The zero-order valence-corrected chi connectivity index (χ0v) is 8.66. The number of para-hydroxylation sites is 1. The standard InChI is InChI=1S/C13H13NO/c1-3-10(2)14-8-11-9-15-13-7-5-4-6-12(11)13/h1,4-7,9-10,14H,8H2,2H3. The van der Waals surface area contributed by atoms with Gasteiger partial charge in [0.1, 0.15) is 5.58 Å². The van der Waals surface area contributed by atoms with Crippen LogP contribution < -0.4 is 5.32 Å². The molecule has 2 aromatic rings. The molecule has 0 bridgehead atoms. The molecule has 2 nitrogen and oxygen atoms in total. The molecule has 76 valence electrons. The van der Waals surface area contributed by atoms with Crippen molar-refractivity contribution in [2.75, 3.05) is 0 Å². The van der Waals surface area contributed by atoms with Crippen LogP contribution in [-0.2, 0) is 6.54 Å². The predicted molar refractivity (Wildman–Crippen MR) is 61.3 cm³/mol. The van der Waals surface area contributed by atoms with Crippen molar-refractivity contribution in [2.45, 2.75) is 19.5 Å². The summed E-state index contributed by atoms with van der Waals surface area (Å²) in [6, 6.07) is 8.07. The van der Waals surface area contributed by atoms with E-state index in [1.165, 1.54) is 0 Å². The molecule has 0 aliphatic heterocycles. The van der Waals surface area contributed by atoms with E-state index in [0.717, 1.165) is 23.1 Å². The molecule has 0 saturated heterocycles. The van der Waals surface area contributed by atoms with Gasteiger partial charge in [0.25, 0.3) is 0 Å². The molecule has 1 N–H and O–H groups in total. The highest BCUT2D eigenvalue weighted by Gasteiger charge is 2.05. The molecule has 1 aromatic heterocycles. The van der Waals surface area contributed by atoms with Gasteiger partial charge in [-0.3, -0.25) is 5.32 Å². The smallest absolute Gasteiger partial charge is 0.134 e. The maximum absolute atomic E-state index is 5.42. The molecular weight excluding hydrogens is 186 g/mol. The second-order valence-electron chi connectivity index (χ2n) is 3.53. The van der Waals surface area contributed by atoms with Crippen molar-refractivity contribution in [3.05, 3.63) is 36.1 Å². The number of hydrogen-bond donors (Lipinski definition) is 1. The van der Waals surface area contributed by atoms with Crippen LogP contribution in [0, 0.1) is 12.3 Å². The third-order valence-electron chi connectivity index (χ3n) is 2.41. The highest BCUT2D eigenvalue weighted by molar-refractivity contribution is 5.80. The van der Waals surface area contributed by atoms with Crippen molar-refractivity contribution in [1.82, 2.24) is 5.32 Å². The first-order valence-corrected chi connectivity index (χ1v) is 4.96. The molecule has 0 fully saturated rings. The Morgan fingerprint density at radius 3 is 3.07 bits per heavy atom. The Balaban J connectivity index is 2.19. The van der Waals surface area contributed by atoms with Crippen LogP contribution in [0.2, 0.25) is 0 Å². The van der Waals surface area contributed by atoms with Crippen LogP contribution in [0.1, 0.15) is 12.5 Å². The summed E-state index contributed by atoms with van der Waals surface area (Å²) in [6.07, 6.45) is 7.07. The molecule has 0 saturated carbocycles. The minimum Gasteiger partial charge on any atom is -0.464 e. The largest absolute Gasteiger partial charge is 0.464 e. The molecule has 0 aliphatic carbocycles. The Bertz CT molecular complexity index is 492. The second-order valence-corrected chi connectivity index (χ2v) is 3.53. The van der Waals surface area contributed by atoms with E-state index >= 15 is 0 Å². The van der Waals surface area contributed by atoms with E-state index in [-0.39, 0.29) is 6.04 Å². The number of benzene rings is 1. The zero-order valence-electron chi connectivity index (χ0n) is 8.66. The van der Waals surface area contributed by atoms with E-state index in [1.54, 1.807) is 6.26 Å². The summed E-state index contributed by atoms with van der Waals surface area (Å²) in [6.45, 7) is 2.70. The topological polar surface area (TPSA) is 25.2 Å². The van der Waals surface area contributed by atoms with Crippen molar-refractivity contribution in [3.8, 4) is 12.3 Å². The number of furan rings is 1. The Labute approximate surface area is 89.3 Å². The molecule has 1 aromatic carbocycles. The number of terminal acetylenes is 1. The van der Waals surface area contributed by atoms with Gasteiger partial charge in [0.15, 0.2) is 0 Å². The first-order valence-electron chi connectivity index (χ1n) is 4.96. The Morgan fingerprint density at radius 2 is 2.27 bits per heavy atom. The van der Waals surface area contributed by atoms with Crippen LogP contribution in [-0.4, -0.2) is 6.04 Å². The summed E-state index contributed by atoms with van der Waals surface area (Å²) < 4.78 is 5.42. The monoisotopic (exact) mass is 199 g/mol. The van der Waals surface area contributed by atoms with Gasteiger partial charge in [-0.05, 0) is 13.0 Å². The Kier molecular flexibility index (Phi) is 2.75. The van der Waals surface area contributed by atoms with Crippen molar-refractivity contribution in [2.24, 2.45) is 0 Å². The fourth-order valence-electron chi connectivity index (χ4n) is 1.49. The van der Waals surface area contributed by atoms with Gasteiger partial charge in [-0.15, -0.1) is 6.42 Å². The number of nitrogens with one attached hydrogen (secondary N) is 1. The lowest BCUT2D eigenvalue weighted by Gasteiger charge is -2.05. The van der Waals surface area contributed by atoms with E-state index in [0.29, 0.717) is 0 Å². The van der Waals surface area contributed by atoms with Crippen molar-refractivity contribution in [3.63, 3.8) is 0 Å². The van der Waals surface area contributed by atoms with Gasteiger partial charge >= 0.3 is 0 Å². The third kappa shape index (κ3) is 2.03. The normalized spacial score (nSPS) is 12.5. The van der Waals surface area contributed by atoms with Gasteiger partial charge in [-0.25, -0.2) is 0 Å². The molecule has 0 amide bonds. The fourth-order valence-corrected chi connectivity index (χ4v) is 1.49.